The summed E-state index contributed by atoms with van der Waals surface area (Å²) in [5, 5.41) is 0. The van der Waals surface area contributed by atoms with Crippen LogP contribution < -0.4 is 16.0 Å². The zero-order chi connectivity index (χ0) is 16.8. The molecule has 0 aliphatic carbocycles. The van der Waals surface area contributed by atoms with Crippen molar-refractivity contribution in [1.82, 2.24) is 10.3 Å². The van der Waals surface area contributed by atoms with Crippen LogP contribution in [-0.2, 0) is 16.0 Å². The smallest absolute Gasteiger partial charge is 0.260 e. The maximum absolute atomic E-state index is 12.2. The molecule has 0 atom stereocenters. The van der Waals surface area contributed by atoms with Gasteiger partial charge in [-0.15, -0.1) is 0 Å². The number of nitrogens with zero attached hydrogens (tertiary/aromatic N) is 1. The lowest BCUT2D eigenvalue weighted by Gasteiger charge is -2.31. The Bertz CT molecular complexity index is 572. The molecule has 1 aromatic carbocycles. The lowest BCUT2D eigenvalue weighted by Crippen LogP contribution is -2.45. The number of piperidine rings is 1. The van der Waals surface area contributed by atoms with Crippen molar-refractivity contribution in [2.45, 2.75) is 26.2 Å². The number of ether oxygens (including phenoxy) is 1. The highest BCUT2D eigenvalue weighted by Gasteiger charge is 2.27. The normalized spacial score (nSPS) is 15.3. The first-order valence-electron chi connectivity index (χ1n) is 7.74. The van der Waals surface area contributed by atoms with Crippen molar-refractivity contribution >= 4 is 27.7 Å². The highest BCUT2D eigenvalue weighted by atomic mass is 79.9. The van der Waals surface area contributed by atoms with E-state index in [4.69, 9.17) is 10.6 Å². The van der Waals surface area contributed by atoms with E-state index in [1.54, 1.807) is 4.90 Å². The summed E-state index contributed by atoms with van der Waals surface area (Å²) in [6.45, 7) is 3.19. The molecule has 7 heteroatoms. The summed E-state index contributed by atoms with van der Waals surface area (Å²) in [4.78, 5) is 25.4. The Morgan fingerprint density at radius 1 is 1.39 bits per heavy atom. The number of nitrogens with two attached hydrogens (primary N) is 1. The average Bonchev–Trinajstić information content (AvgIpc) is 2.59. The minimum atomic E-state index is -0.159. The maximum atomic E-state index is 12.2. The number of nitrogens with one attached hydrogen (secondary N) is 1. The molecule has 1 saturated heterocycles. The van der Waals surface area contributed by atoms with Gasteiger partial charge in [-0.3, -0.25) is 15.0 Å². The molecule has 0 bridgehead atoms. The van der Waals surface area contributed by atoms with E-state index in [-0.39, 0.29) is 24.3 Å². The van der Waals surface area contributed by atoms with E-state index in [1.165, 1.54) is 5.56 Å². The molecule has 0 unspecified atom stereocenters. The van der Waals surface area contributed by atoms with Crippen molar-refractivity contribution in [3.05, 3.63) is 28.2 Å². The fourth-order valence-electron chi connectivity index (χ4n) is 2.62. The Labute approximate surface area is 144 Å². The van der Waals surface area contributed by atoms with Crippen LogP contribution >= 0.6 is 15.9 Å². The van der Waals surface area contributed by atoms with Crippen LogP contribution in [0, 0.1) is 5.92 Å². The first-order valence-corrected chi connectivity index (χ1v) is 8.54. The van der Waals surface area contributed by atoms with E-state index in [9.17, 15) is 9.59 Å². The lowest BCUT2D eigenvalue weighted by molar-refractivity contribution is -0.137. The van der Waals surface area contributed by atoms with Crippen molar-refractivity contribution in [2.75, 3.05) is 19.7 Å². The number of benzene rings is 1. The number of aryl methyl sites for hydroxylation is 1. The predicted octanol–water partition coefficient (Wildman–Crippen LogP) is 1.62. The van der Waals surface area contributed by atoms with Gasteiger partial charge in [0.15, 0.2) is 6.61 Å². The topological polar surface area (TPSA) is 84.7 Å². The summed E-state index contributed by atoms with van der Waals surface area (Å²) >= 11 is 3.46. The van der Waals surface area contributed by atoms with Crippen LogP contribution in [-0.4, -0.2) is 36.4 Å². The number of likely N-dealkylation sites (tertiary alicyclic amines) is 1. The molecule has 1 aromatic rings. The van der Waals surface area contributed by atoms with Crippen LogP contribution in [0.2, 0.25) is 0 Å². The third kappa shape index (κ3) is 4.68. The largest absolute Gasteiger partial charge is 0.483 e. The Morgan fingerprint density at radius 3 is 2.65 bits per heavy atom. The number of hydrogen-bond donors (Lipinski definition) is 2. The summed E-state index contributed by atoms with van der Waals surface area (Å²) in [5.74, 6) is 5.46. The standard InChI is InChI=1S/C16H22BrN3O3/c1-2-11-3-4-14(13(17)9-11)23-10-15(21)20-7-5-12(6-8-20)16(22)19-18/h3-4,9,12H,2,5-8,10,18H2,1H3,(H,19,22). The van der Waals surface area contributed by atoms with Crippen molar-refractivity contribution < 1.29 is 14.3 Å². The van der Waals surface area contributed by atoms with Crippen LogP contribution in [0.3, 0.4) is 0 Å². The molecule has 6 nitrogen and oxygen atoms in total. The first-order chi connectivity index (χ1) is 11.0. The molecular formula is C16H22BrN3O3. The van der Waals surface area contributed by atoms with Gasteiger partial charge in [-0.1, -0.05) is 13.0 Å². The lowest BCUT2D eigenvalue weighted by atomic mass is 9.96. The van der Waals surface area contributed by atoms with Gasteiger partial charge in [0.2, 0.25) is 5.91 Å². The molecule has 0 spiro atoms. The fourth-order valence-corrected chi connectivity index (χ4v) is 3.16. The van der Waals surface area contributed by atoms with Gasteiger partial charge in [0.25, 0.3) is 5.91 Å². The summed E-state index contributed by atoms with van der Waals surface area (Å²) < 4.78 is 6.46. The number of hydrazine groups is 1. The molecule has 1 aliphatic heterocycles. The molecule has 126 valence electrons. The molecule has 0 aromatic heterocycles. The molecular weight excluding hydrogens is 362 g/mol. The van der Waals surface area contributed by atoms with Gasteiger partial charge in [0, 0.05) is 19.0 Å². The van der Waals surface area contributed by atoms with E-state index in [0.29, 0.717) is 31.7 Å². The Kier molecular flexibility index (Phi) is 6.41. The van der Waals surface area contributed by atoms with Gasteiger partial charge >= 0.3 is 0 Å². The molecule has 0 radical (unpaired) electrons. The van der Waals surface area contributed by atoms with Crippen LogP contribution in [0.25, 0.3) is 0 Å². The van der Waals surface area contributed by atoms with Crippen LogP contribution in [0.1, 0.15) is 25.3 Å². The van der Waals surface area contributed by atoms with E-state index in [2.05, 4.69) is 28.3 Å². The Hall–Kier alpha value is -1.60. The fraction of sp³-hybridized carbons (Fsp3) is 0.500. The molecule has 1 aliphatic rings. The first kappa shape index (κ1) is 17.7. The highest BCUT2D eigenvalue weighted by molar-refractivity contribution is 9.10. The van der Waals surface area contributed by atoms with E-state index in [0.717, 1.165) is 10.9 Å². The minimum absolute atomic E-state index is 0.00216. The monoisotopic (exact) mass is 383 g/mol. The van der Waals surface area contributed by atoms with Gasteiger partial charge in [0.05, 0.1) is 4.47 Å². The molecule has 1 heterocycles. The van der Waals surface area contributed by atoms with Crippen molar-refractivity contribution in [1.29, 1.82) is 0 Å². The minimum Gasteiger partial charge on any atom is -0.483 e. The van der Waals surface area contributed by atoms with E-state index >= 15 is 0 Å². The second kappa shape index (κ2) is 8.31. The quantitative estimate of drug-likeness (QED) is 0.459. The molecule has 23 heavy (non-hydrogen) atoms. The van der Waals surface area contributed by atoms with Crippen molar-refractivity contribution in [2.24, 2.45) is 11.8 Å². The highest BCUT2D eigenvalue weighted by Crippen LogP contribution is 2.26. The summed E-state index contributed by atoms with van der Waals surface area (Å²) in [6, 6.07) is 5.85. The number of carbonyl (C=O) groups excluding carboxylic acids is 2. The third-order valence-electron chi connectivity index (χ3n) is 4.12. The second-order valence-electron chi connectivity index (χ2n) is 5.57. The predicted molar refractivity (Wildman–Crippen MR) is 90.6 cm³/mol. The van der Waals surface area contributed by atoms with Gasteiger partial charge in [-0.25, -0.2) is 5.84 Å². The van der Waals surface area contributed by atoms with Gasteiger partial charge in [-0.2, -0.15) is 0 Å². The number of carbonyl (C=O) groups is 2. The van der Waals surface area contributed by atoms with Gasteiger partial charge in [-0.05, 0) is 52.9 Å². The summed E-state index contributed by atoms with van der Waals surface area (Å²) in [6.07, 6.45) is 2.20. The molecule has 2 amide bonds. The van der Waals surface area contributed by atoms with Crippen LogP contribution in [0.4, 0.5) is 0 Å². The number of amides is 2. The summed E-state index contributed by atoms with van der Waals surface area (Å²) in [7, 11) is 0. The maximum Gasteiger partial charge on any atom is 0.260 e. The van der Waals surface area contributed by atoms with Crippen LogP contribution in [0.15, 0.2) is 22.7 Å². The molecule has 0 saturated carbocycles. The van der Waals surface area contributed by atoms with Gasteiger partial charge < -0.3 is 9.64 Å². The Balaban J connectivity index is 1.83. The number of rotatable bonds is 5. The van der Waals surface area contributed by atoms with Gasteiger partial charge in [0.1, 0.15) is 5.75 Å². The van der Waals surface area contributed by atoms with E-state index < -0.39 is 0 Å². The number of halogens is 1. The third-order valence-corrected chi connectivity index (χ3v) is 4.74. The zero-order valence-electron chi connectivity index (χ0n) is 13.2. The van der Waals surface area contributed by atoms with Crippen LogP contribution in [0.5, 0.6) is 5.75 Å². The molecule has 2 rings (SSSR count). The zero-order valence-corrected chi connectivity index (χ0v) is 14.8. The molecule has 1 fully saturated rings. The summed E-state index contributed by atoms with van der Waals surface area (Å²) in [5.41, 5.74) is 3.37. The average molecular weight is 384 g/mol. The SMILES string of the molecule is CCc1ccc(OCC(=O)N2CCC(C(=O)NN)CC2)c(Br)c1. The molecule has 3 N–H and O–H groups in total. The Morgan fingerprint density at radius 2 is 2.09 bits per heavy atom. The second-order valence-corrected chi connectivity index (χ2v) is 6.42. The van der Waals surface area contributed by atoms with Crippen molar-refractivity contribution in [3.63, 3.8) is 0 Å². The van der Waals surface area contributed by atoms with E-state index in [1.807, 2.05) is 18.2 Å². The van der Waals surface area contributed by atoms with Crippen molar-refractivity contribution in [3.8, 4) is 5.75 Å². The number of hydrogen-bond acceptors (Lipinski definition) is 4.